The topological polar surface area (TPSA) is 38.8 Å². The van der Waals surface area contributed by atoms with Crippen molar-refractivity contribution in [1.29, 1.82) is 0 Å². The highest BCUT2D eigenvalue weighted by Crippen LogP contribution is 2.12. The number of halogens is 1. The van der Waals surface area contributed by atoms with Crippen molar-refractivity contribution in [2.24, 2.45) is 0 Å². The largest absolute Gasteiger partial charge is 0.460 e. The minimum absolute atomic E-state index is 0.0969. The molecule has 4 nitrogen and oxygen atoms in total. The number of carbonyl (C=O) groups is 1. The number of nitrogens with zero attached hydrogens (tertiary/aromatic N) is 1. The Bertz CT molecular complexity index is 731. The molecule has 1 aliphatic rings. The van der Waals surface area contributed by atoms with E-state index in [1.807, 2.05) is 30.3 Å². The molecule has 136 valence electrons. The number of hydrogen-bond donors (Lipinski definition) is 0. The molecule has 0 amide bonds. The molecule has 0 saturated carbocycles. The van der Waals surface area contributed by atoms with Gasteiger partial charge in [-0.1, -0.05) is 54.1 Å². The summed E-state index contributed by atoms with van der Waals surface area (Å²) in [6, 6.07) is 17.6. The van der Waals surface area contributed by atoms with Gasteiger partial charge in [0.25, 0.3) is 0 Å². The fourth-order valence-corrected chi connectivity index (χ4v) is 2.95. The van der Waals surface area contributed by atoms with Crippen LogP contribution in [0.2, 0.25) is 5.02 Å². The van der Waals surface area contributed by atoms with Gasteiger partial charge in [-0.3, -0.25) is 4.90 Å². The molecule has 0 aromatic heterocycles. The van der Waals surface area contributed by atoms with E-state index in [9.17, 15) is 4.79 Å². The Balaban J connectivity index is 1.43. The van der Waals surface area contributed by atoms with Crippen LogP contribution in [-0.2, 0) is 20.8 Å². The van der Waals surface area contributed by atoms with Gasteiger partial charge >= 0.3 is 5.97 Å². The second-order valence-corrected chi connectivity index (χ2v) is 6.66. The molecule has 1 saturated heterocycles. The van der Waals surface area contributed by atoms with Gasteiger partial charge in [0.05, 0.1) is 6.61 Å². The second-order valence-electron chi connectivity index (χ2n) is 6.23. The molecule has 0 spiro atoms. The van der Waals surface area contributed by atoms with E-state index in [0.29, 0.717) is 11.6 Å². The Kier molecular flexibility index (Phi) is 6.83. The average Bonchev–Trinajstić information content (AvgIpc) is 2.67. The molecule has 1 fully saturated rings. The first-order valence-electron chi connectivity index (χ1n) is 8.67. The summed E-state index contributed by atoms with van der Waals surface area (Å²) in [6.45, 7) is 3.43. The van der Waals surface area contributed by atoms with Crippen LogP contribution < -0.4 is 0 Å². The maximum absolute atomic E-state index is 11.9. The lowest BCUT2D eigenvalue weighted by Gasteiger charge is -2.32. The van der Waals surface area contributed by atoms with Crippen LogP contribution in [0.1, 0.15) is 11.1 Å². The van der Waals surface area contributed by atoms with Gasteiger partial charge in [-0.2, -0.15) is 0 Å². The molecule has 0 radical (unpaired) electrons. The van der Waals surface area contributed by atoms with E-state index in [-0.39, 0.29) is 18.7 Å². The summed E-state index contributed by atoms with van der Waals surface area (Å²) in [7, 11) is 0. The Morgan fingerprint density at radius 3 is 2.73 bits per heavy atom. The molecule has 26 heavy (non-hydrogen) atoms. The molecule has 0 unspecified atom stereocenters. The van der Waals surface area contributed by atoms with E-state index in [2.05, 4.69) is 17.0 Å². The predicted molar refractivity (Wildman–Crippen MR) is 103 cm³/mol. The van der Waals surface area contributed by atoms with Crippen LogP contribution in [0.15, 0.2) is 60.7 Å². The minimum atomic E-state index is -0.372. The lowest BCUT2D eigenvalue weighted by Crippen LogP contribution is -2.44. The van der Waals surface area contributed by atoms with Crippen molar-refractivity contribution in [3.05, 3.63) is 76.8 Å². The van der Waals surface area contributed by atoms with E-state index < -0.39 is 0 Å². The van der Waals surface area contributed by atoms with Crippen LogP contribution >= 0.6 is 11.6 Å². The average molecular weight is 372 g/mol. The zero-order valence-electron chi connectivity index (χ0n) is 14.5. The van der Waals surface area contributed by atoms with Gasteiger partial charge in [0.2, 0.25) is 0 Å². The summed E-state index contributed by atoms with van der Waals surface area (Å²) in [5.41, 5.74) is 2.17. The summed E-state index contributed by atoms with van der Waals surface area (Å²) in [4.78, 5) is 14.2. The minimum Gasteiger partial charge on any atom is -0.460 e. The normalized spacial score (nSPS) is 18.1. The first-order valence-corrected chi connectivity index (χ1v) is 9.05. The Labute approximate surface area is 159 Å². The third-order valence-electron chi connectivity index (χ3n) is 4.17. The third kappa shape index (κ3) is 5.99. The molecular weight excluding hydrogens is 350 g/mol. The Hall–Kier alpha value is -2.14. The highest BCUT2D eigenvalue weighted by molar-refractivity contribution is 6.30. The van der Waals surface area contributed by atoms with E-state index in [4.69, 9.17) is 21.1 Å². The molecule has 0 aliphatic carbocycles. The first kappa shape index (κ1) is 18.6. The maximum Gasteiger partial charge on any atom is 0.330 e. The van der Waals surface area contributed by atoms with Crippen molar-refractivity contribution >= 4 is 23.6 Å². The zero-order valence-corrected chi connectivity index (χ0v) is 15.3. The lowest BCUT2D eigenvalue weighted by atomic mass is 10.2. The molecule has 2 aromatic rings. The van der Waals surface area contributed by atoms with Gasteiger partial charge in [0.15, 0.2) is 0 Å². The van der Waals surface area contributed by atoms with Crippen molar-refractivity contribution in [2.45, 2.75) is 12.6 Å². The van der Waals surface area contributed by atoms with Crippen molar-refractivity contribution in [2.75, 3.05) is 26.3 Å². The molecule has 0 N–H and O–H groups in total. The quantitative estimate of drug-likeness (QED) is 0.572. The van der Waals surface area contributed by atoms with Crippen LogP contribution in [0.5, 0.6) is 0 Å². The SMILES string of the molecule is O=C(/C=C/c1ccc(Cl)cc1)OC[C@@H]1CN(Cc2ccccc2)CCO1. The van der Waals surface area contributed by atoms with Crippen molar-refractivity contribution in [3.63, 3.8) is 0 Å². The number of benzene rings is 2. The smallest absolute Gasteiger partial charge is 0.330 e. The summed E-state index contributed by atoms with van der Waals surface area (Å²) in [5.74, 6) is -0.372. The van der Waals surface area contributed by atoms with Gasteiger partial charge in [-0.25, -0.2) is 4.79 Å². The maximum atomic E-state index is 11.9. The van der Waals surface area contributed by atoms with E-state index in [1.165, 1.54) is 11.6 Å². The summed E-state index contributed by atoms with van der Waals surface area (Å²) < 4.78 is 11.0. The number of carbonyl (C=O) groups excluding carboxylic acids is 1. The van der Waals surface area contributed by atoms with E-state index >= 15 is 0 Å². The Morgan fingerprint density at radius 1 is 1.19 bits per heavy atom. The van der Waals surface area contributed by atoms with Crippen molar-refractivity contribution < 1.29 is 14.3 Å². The molecule has 1 atom stereocenters. The molecule has 1 heterocycles. The summed E-state index contributed by atoms with van der Waals surface area (Å²) in [6.07, 6.45) is 3.04. The van der Waals surface area contributed by atoms with E-state index in [0.717, 1.165) is 25.2 Å². The second kappa shape index (κ2) is 9.53. The first-order chi connectivity index (χ1) is 12.7. The van der Waals surface area contributed by atoms with Crippen molar-refractivity contribution in [3.8, 4) is 0 Å². The van der Waals surface area contributed by atoms with Gasteiger partial charge in [0.1, 0.15) is 12.7 Å². The predicted octanol–water partition coefficient (Wildman–Crippen LogP) is 3.80. The molecular formula is C21H22ClNO3. The molecule has 2 aromatic carbocycles. The Morgan fingerprint density at radius 2 is 1.96 bits per heavy atom. The summed E-state index contributed by atoms with van der Waals surface area (Å²) in [5, 5.41) is 0.666. The molecule has 5 heteroatoms. The summed E-state index contributed by atoms with van der Waals surface area (Å²) >= 11 is 5.84. The zero-order chi connectivity index (χ0) is 18.2. The molecule has 0 bridgehead atoms. The third-order valence-corrected chi connectivity index (χ3v) is 4.42. The molecule has 3 rings (SSSR count). The van der Waals surface area contributed by atoms with Gasteiger partial charge in [-0.05, 0) is 29.3 Å². The van der Waals surface area contributed by atoms with Crippen molar-refractivity contribution in [1.82, 2.24) is 4.90 Å². The lowest BCUT2D eigenvalue weighted by molar-refractivity contribution is -0.144. The number of hydrogen-bond acceptors (Lipinski definition) is 4. The number of rotatable bonds is 6. The number of morpholine rings is 1. The fourth-order valence-electron chi connectivity index (χ4n) is 2.83. The number of esters is 1. The highest BCUT2D eigenvalue weighted by Gasteiger charge is 2.21. The van der Waals surface area contributed by atoms with Crippen LogP contribution in [0, 0.1) is 0 Å². The van der Waals surface area contributed by atoms with Crippen LogP contribution in [-0.4, -0.2) is 43.3 Å². The monoisotopic (exact) mass is 371 g/mol. The van der Waals surface area contributed by atoms with Crippen LogP contribution in [0.4, 0.5) is 0 Å². The standard InChI is InChI=1S/C21H22ClNO3/c22-19-9-6-17(7-10-19)8-11-21(24)26-16-20-15-23(12-13-25-20)14-18-4-2-1-3-5-18/h1-11,20H,12-16H2/b11-8+/t20-/m0/s1. The van der Waals surface area contributed by atoms with Crippen LogP contribution in [0.3, 0.4) is 0 Å². The van der Waals surface area contributed by atoms with E-state index in [1.54, 1.807) is 18.2 Å². The fraction of sp³-hybridized carbons (Fsp3) is 0.286. The highest BCUT2D eigenvalue weighted by atomic mass is 35.5. The van der Waals surface area contributed by atoms with Gasteiger partial charge in [0, 0.05) is 30.7 Å². The van der Waals surface area contributed by atoms with Gasteiger partial charge in [-0.15, -0.1) is 0 Å². The van der Waals surface area contributed by atoms with Gasteiger partial charge < -0.3 is 9.47 Å². The van der Waals surface area contributed by atoms with Crippen LogP contribution in [0.25, 0.3) is 6.08 Å². The molecule has 1 aliphatic heterocycles. The number of ether oxygens (including phenoxy) is 2.